The average Bonchev–Trinajstić information content (AvgIpc) is 2.90. The van der Waals surface area contributed by atoms with Gasteiger partial charge in [-0.05, 0) is 63.2 Å². The molecule has 0 aromatic carbocycles. The third kappa shape index (κ3) is 23.8. The van der Waals surface area contributed by atoms with Crippen LogP contribution in [0.5, 0.6) is 0 Å². The van der Waals surface area contributed by atoms with Gasteiger partial charge in [-0.3, -0.25) is 0 Å². The van der Waals surface area contributed by atoms with Crippen molar-refractivity contribution in [2.75, 3.05) is 26.4 Å². The molecule has 0 saturated carbocycles. The summed E-state index contributed by atoms with van der Waals surface area (Å²) < 4.78 is 11.6. The molecule has 0 aliphatic rings. The first kappa shape index (κ1) is 37.9. The fourth-order valence-electron chi connectivity index (χ4n) is 6.15. The largest absolute Gasteiger partial charge is 0.382 e. The molecule has 0 fully saturated rings. The number of unbranched alkanes of at least 4 members (excludes halogenated alkanes) is 15. The second-order valence-corrected chi connectivity index (χ2v) is 13.2. The average molecular weight is 539 g/mol. The quantitative estimate of drug-likeness (QED) is 0.0817. The van der Waals surface area contributed by atoms with Crippen LogP contribution in [0.4, 0.5) is 0 Å². The van der Waals surface area contributed by atoms with Crippen molar-refractivity contribution in [2.24, 2.45) is 10.8 Å². The molecular formula is C36H74O2. The second-order valence-electron chi connectivity index (χ2n) is 13.2. The lowest BCUT2D eigenvalue weighted by Crippen LogP contribution is -2.20. The van der Waals surface area contributed by atoms with Crippen LogP contribution in [0.2, 0.25) is 0 Å². The Labute approximate surface area is 242 Å². The van der Waals surface area contributed by atoms with Crippen LogP contribution in [0.25, 0.3) is 0 Å². The SMILES string of the molecule is CCCCCCCCCC(C)(CCCCCCC(C)(CCCCCCCCC)CCOCC)CCOCC. The van der Waals surface area contributed by atoms with E-state index < -0.39 is 0 Å². The Bertz CT molecular complexity index is 422. The molecule has 38 heavy (non-hydrogen) atoms. The van der Waals surface area contributed by atoms with Crippen LogP contribution in [0.3, 0.4) is 0 Å². The van der Waals surface area contributed by atoms with Crippen LogP contribution in [0.15, 0.2) is 0 Å². The molecule has 230 valence electrons. The summed E-state index contributed by atoms with van der Waals surface area (Å²) in [6, 6.07) is 0. The van der Waals surface area contributed by atoms with Crippen LogP contribution < -0.4 is 0 Å². The molecule has 0 aromatic rings. The number of rotatable bonds is 31. The molecule has 0 heterocycles. The van der Waals surface area contributed by atoms with E-state index in [-0.39, 0.29) is 0 Å². The molecule has 0 N–H and O–H groups in total. The highest BCUT2D eigenvalue weighted by atomic mass is 16.5. The van der Waals surface area contributed by atoms with Gasteiger partial charge in [-0.1, -0.05) is 143 Å². The molecule has 0 aliphatic heterocycles. The lowest BCUT2D eigenvalue weighted by Gasteiger charge is -2.31. The number of hydrogen-bond donors (Lipinski definition) is 0. The summed E-state index contributed by atoms with van der Waals surface area (Å²) in [6.45, 7) is 17.6. The number of hydrogen-bond acceptors (Lipinski definition) is 2. The fraction of sp³-hybridized carbons (Fsp3) is 1.00. The Morgan fingerprint density at radius 3 is 0.868 bits per heavy atom. The van der Waals surface area contributed by atoms with Crippen molar-refractivity contribution in [1.82, 2.24) is 0 Å². The molecule has 0 aromatic heterocycles. The summed E-state index contributed by atoms with van der Waals surface area (Å²) in [4.78, 5) is 0. The zero-order valence-corrected chi connectivity index (χ0v) is 27.6. The molecule has 2 heteroatoms. The van der Waals surface area contributed by atoms with Crippen LogP contribution in [0.1, 0.15) is 196 Å². The van der Waals surface area contributed by atoms with Gasteiger partial charge in [-0.15, -0.1) is 0 Å². The molecule has 0 bridgehead atoms. The van der Waals surface area contributed by atoms with E-state index >= 15 is 0 Å². The van der Waals surface area contributed by atoms with E-state index in [0.29, 0.717) is 10.8 Å². The predicted octanol–water partition coefficient (Wildman–Crippen LogP) is 12.5. The molecule has 0 spiro atoms. The van der Waals surface area contributed by atoms with Crippen molar-refractivity contribution in [1.29, 1.82) is 0 Å². The van der Waals surface area contributed by atoms with Gasteiger partial charge in [-0.25, -0.2) is 0 Å². The first-order chi connectivity index (χ1) is 18.4. The van der Waals surface area contributed by atoms with Gasteiger partial charge in [0, 0.05) is 26.4 Å². The van der Waals surface area contributed by atoms with Crippen molar-refractivity contribution >= 4 is 0 Å². The summed E-state index contributed by atoms with van der Waals surface area (Å²) in [5.74, 6) is 0. The molecule has 0 rings (SSSR count). The van der Waals surface area contributed by atoms with Crippen molar-refractivity contribution < 1.29 is 9.47 Å². The predicted molar refractivity (Wildman–Crippen MR) is 171 cm³/mol. The van der Waals surface area contributed by atoms with Crippen molar-refractivity contribution in [3.05, 3.63) is 0 Å². The molecule has 2 unspecified atom stereocenters. The summed E-state index contributed by atoms with van der Waals surface area (Å²) in [6.07, 6.45) is 33.4. The Morgan fingerprint density at radius 2 is 0.605 bits per heavy atom. The van der Waals surface area contributed by atoms with E-state index in [2.05, 4.69) is 41.5 Å². The Morgan fingerprint density at radius 1 is 0.342 bits per heavy atom. The van der Waals surface area contributed by atoms with Crippen LogP contribution in [0, 0.1) is 10.8 Å². The molecule has 0 radical (unpaired) electrons. The van der Waals surface area contributed by atoms with Gasteiger partial charge in [-0.2, -0.15) is 0 Å². The van der Waals surface area contributed by atoms with E-state index in [1.807, 2.05) is 0 Å². The maximum Gasteiger partial charge on any atom is 0.0471 e. The van der Waals surface area contributed by atoms with Crippen LogP contribution >= 0.6 is 0 Å². The molecule has 2 nitrogen and oxygen atoms in total. The normalized spacial score (nSPS) is 15.0. The van der Waals surface area contributed by atoms with Gasteiger partial charge in [0.1, 0.15) is 0 Å². The smallest absolute Gasteiger partial charge is 0.0471 e. The van der Waals surface area contributed by atoms with E-state index in [4.69, 9.17) is 9.47 Å². The first-order valence-corrected chi connectivity index (χ1v) is 17.6. The minimum atomic E-state index is 0.474. The molecule has 0 saturated heterocycles. The summed E-state index contributed by atoms with van der Waals surface area (Å²) >= 11 is 0. The minimum Gasteiger partial charge on any atom is -0.382 e. The van der Waals surface area contributed by atoms with Gasteiger partial charge in [0.05, 0.1) is 0 Å². The third-order valence-corrected chi connectivity index (χ3v) is 9.19. The minimum absolute atomic E-state index is 0.474. The lowest BCUT2D eigenvalue weighted by molar-refractivity contribution is 0.0956. The van der Waals surface area contributed by atoms with E-state index in [1.54, 1.807) is 0 Å². The van der Waals surface area contributed by atoms with Crippen LogP contribution in [-0.4, -0.2) is 26.4 Å². The monoisotopic (exact) mass is 539 g/mol. The van der Waals surface area contributed by atoms with Crippen molar-refractivity contribution in [3.8, 4) is 0 Å². The van der Waals surface area contributed by atoms with E-state index in [1.165, 1.54) is 154 Å². The number of ether oxygens (including phenoxy) is 2. The van der Waals surface area contributed by atoms with E-state index in [9.17, 15) is 0 Å². The highest BCUT2D eigenvalue weighted by Gasteiger charge is 2.24. The Balaban J connectivity index is 4.35. The molecule has 2 atom stereocenters. The lowest BCUT2D eigenvalue weighted by atomic mass is 9.76. The van der Waals surface area contributed by atoms with Crippen LogP contribution in [-0.2, 0) is 9.47 Å². The highest BCUT2D eigenvalue weighted by molar-refractivity contribution is 4.76. The van der Waals surface area contributed by atoms with Gasteiger partial charge >= 0.3 is 0 Å². The summed E-state index contributed by atoms with van der Waals surface area (Å²) in [5.41, 5.74) is 0.948. The first-order valence-electron chi connectivity index (χ1n) is 17.6. The fourth-order valence-corrected chi connectivity index (χ4v) is 6.15. The summed E-state index contributed by atoms with van der Waals surface area (Å²) in [7, 11) is 0. The zero-order valence-electron chi connectivity index (χ0n) is 27.6. The molecular weight excluding hydrogens is 464 g/mol. The van der Waals surface area contributed by atoms with Crippen molar-refractivity contribution in [2.45, 2.75) is 196 Å². The topological polar surface area (TPSA) is 18.5 Å². The van der Waals surface area contributed by atoms with Gasteiger partial charge in [0.25, 0.3) is 0 Å². The van der Waals surface area contributed by atoms with Gasteiger partial charge in [0.2, 0.25) is 0 Å². The molecule has 0 aliphatic carbocycles. The molecule has 0 amide bonds. The van der Waals surface area contributed by atoms with Crippen molar-refractivity contribution in [3.63, 3.8) is 0 Å². The standard InChI is InChI=1S/C36H74O2/c1-7-11-13-15-17-19-23-27-35(5,31-33-37-9-3)29-25-21-22-26-30-36(6,32-34-38-10-4)28-24-20-18-16-14-12-8-2/h7-34H2,1-6H3. The maximum atomic E-state index is 5.78. The Kier molecular flexibility index (Phi) is 27.1. The van der Waals surface area contributed by atoms with Gasteiger partial charge < -0.3 is 9.47 Å². The highest BCUT2D eigenvalue weighted by Crippen LogP contribution is 2.37. The maximum absolute atomic E-state index is 5.78. The Hall–Kier alpha value is -0.0800. The zero-order chi connectivity index (χ0) is 28.2. The van der Waals surface area contributed by atoms with Gasteiger partial charge in [0.15, 0.2) is 0 Å². The summed E-state index contributed by atoms with van der Waals surface area (Å²) in [5, 5.41) is 0. The third-order valence-electron chi connectivity index (χ3n) is 9.19. The van der Waals surface area contributed by atoms with E-state index in [0.717, 1.165) is 26.4 Å². The second kappa shape index (κ2) is 27.1.